The van der Waals surface area contributed by atoms with Crippen LogP contribution in [0.3, 0.4) is 0 Å². The van der Waals surface area contributed by atoms with Crippen LogP contribution in [-0.4, -0.2) is 35.3 Å². The van der Waals surface area contributed by atoms with Gasteiger partial charge in [0, 0.05) is 10.2 Å². The first-order chi connectivity index (χ1) is 13.3. The number of carbonyl (C=O) groups is 3. The van der Waals surface area contributed by atoms with Gasteiger partial charge in [-0.15, -0.1) is 0 Å². The fourth-order valence-electron chi connectivity index (χ4n) is 3.07. The minimum atomic E-state index is -0.769. The van der Waals surface area contributed by atoms with Gasteiger partial charge in [-0.2, -0.15) is 0 Å². The van der Waals surface area contributed by atoms with E-state index in [2.05, 4.69) is 21.2 Å². The third-order valence-electron chi connectivity index (χ3n) is 4.60. The van der Waals surface area contributed by atoms with Crippen LogP contribution in [0, 0.1) is 5.82 Å². The molecule has 4 amide bonds. The van der Waals surface area contributed by atoms with E-state index in [1.165, 1.54) is 29.2 Å². The molecular formula is C20H19BrFN3O3. The van der Waals surface area contributed by atoms with Crippen LogP contribution in [0.25, 0.3) is 0 Å². The molecule has 0 aromatic heterocycles. The number of rotatable bonds is 5. The molecule has 0 bridgehead atoms. The number of halogens is 2. The summed E-state index contributed by atoms with van der Waals surface area (Å²) < 4.78 is 14.1. The van der Waals surface area contributed by atoms with Crippen LogP contribution in [0.4, 0.5) is 14.9 Å². The molecule has 0 unspecified atom stereocenters. The predicted octanol–water partition coefficient (Wildman–Crippen LogP) is 3.62. The van der Waals surface area contributed by atoms with Crippen molar-refractivity contribution in [2.75, 3.05) is 11.4 Å². The zero-order chi connectivity index (χ0) is 20.4. The summed E-state index contributed by atoms with van der Waals surface area (Å²) in [6.45, 7) is 3.02. The largest absolute Gasteiger partial charge is 0.348 e. The first-order valence-corrected chi connectivity index (χ1v) is 9.52. The van der Waals surface area contributed by atoms with E-state index in [1.807, 2.05) is 31.2 Å². The van der Waals surface area contributed by atoms with Gasteiger partial charge < -0.3 is 5.32 Å². The first-order valence-electron chi connectivity index (χ1n) is 8.73. The van der Waals surface area contributed by atoms with Crippen molar-refractivity contribution >= 4 is 39.5 Å². The van der Waals surface area contributed by atoms with Crippen LogP contribution in [0.15, 0.2) is 53.0 Å². The van der Waals surface area contributed by atoms with E-state index in [9.17, 15) is 18.8 Å². The summed E-state index contributed by atoms with van der Waals surface area (Å²) >= 11 is 3.36. The Labute approximate surface area is 170 Å². The lowest BCUT2D eigenvalue weighted by Gasteiger charge is -2.20. The standard InChI is InChI=1S/C20H19BrFN3O3/c1-12(14-3-5-15(21)6-4-14)23-18(26)11-24-19(27)13(2)25(20(24)28)17-9-7-16(22)8-10-17/h3-10,12-13H,11H2,1-2H3,(H,23,26)/t12-,13+/m0/s1. The lowest BCUT2D eigenvalue weighted by atomic mass is 10.1. The highest BCUT2D eigenvalue weighted by molar-refractivity contribution is 9.10. The normalized spacial score (nSPS) is 17.8. The Hall–Kier alpha value is -2.74. The number of hydrogen-bond donors (Lipinski definition) is 1. The number of carbonyl (C=O) groups excluding carboxylic acids is 3. The zero-order valence-electron chi connectivity index (χ0n) is 15.4. The van der Waals surface area contributed by atoms with Gasteiger partial charge in [-0.25, -0.2) is 9.18 Å². The molecule has 1 saturated heterocycles. The highest BCUT2D eigenvalue weighted by Gasteiger charge is 2.44. The summed E-state index contributed by atoms with van der Waals surface area (Å²) in [4.78, 5) is 39.8. The third kappa shape index (κ3) is 4.06. The van der Waals surface area contributed by atoms with E-state index in [-0.39, 0.29) is 12.6 Å². The summed E-state index contributed by atoms with van der Waals surface area (Å²) in [5, 5.41) is 2.79. The molecule has 0 aliphatic carbocycles. The van der Waals surface area contributed by atoms with E-state index in [4.69, 9.17) is 0 Å². The molecule has 8 heteroatoms. The Morgan fingerprint density at radius 3 is 2.36 bits per heavy atom. The molecule has 6 nitrogen and oxygen atoms in total. The van der Waals surface area contributed by atoms with Crippen molar-refractivity contribution in [2.24, 2.45) is 0 Å². The van der Waals surface area contributed by atoms with Crippen molar-refractivity contribution < 1.29 is 18.8 Å². The Balaban J connectivity index is 1.68. The second-order valence-corrected chi connectivity index (χ2v) is 7.49. The maximum atomic E-state index is 13.1. The van der Waals surface area contributed by atoms with Gasteiger partial charge in [0.25, 0.3) is 5.91 Å². The van der Waals surface area contributed by atoms with E-state index in [0.717, 1.165) is 14.9 Å². The molecular weight excluding hydrogens is 429 g/mol. The van der Waals surface area contributed by atoms with Crippen LogP contribution < -0.4 is 10.2 Å². The fourth-order valence-corrected chi connectivity index (χ4v) is 3.34. The molecule has 1 aliphatic heterocycles. The number of imide groups is 1. The highest BCUT2D eigenvalue weighted by Crippen LogP contribution is 2.26. The van der Waals surface area contributed by atoms with Gasteiger partial charge in [0.05, 0.1) is 6.04 Å². The average molecular weight is 448 g/mol. The van der Waals surface area contributed by atoms with Crippen molar-refractivity contribution in [1.29, 1.82) is 0 Å². The van der Waals surface area contributed by atoms with E-state index >= 15 is 0 Å². The van der Waals surface area contributed by atoms with Crippen LogP contribution in [0.1, 0.15) is 25.5 Å². The third-order valence-corrected chi connectivity index (χ3v) is 5.13. The first kappa shape index (κ1) is 20.0. The number of benzene rings is 2. The van der Waals surface area contributed by atoms with Gasteiger partial charge >= 0.3 is 6.03 Å². The Morgan fingerprint density at radius 2 is 1.75 bits per heavy atom. The smallest absolute Gasteiger partial charge is 0.332 e. The maximum Gasteiger partial charge on any atom is 0.332 e. The summed E-state index contributed by atoms with van der Waals surface area (Å²) in [5.41, 5.74) is 1.30. The zero-order valence-corrected chi connectivity index (χ0v) is 16.9. The summed E-state index contributed by atoms with van der Waals surface area (Å²) in [7, 11) is 0. The number of urea groups is 1. The summed E-state index contributed by atoms with van der Waals surface area (Å²) in [6.07, 6.45) is 0. The molecule has 146 valence electrons. The number of hydrogen-bond acceptors (Lipinski definition) is 3. The number of amides is 4. The molecule has 28 heavy (non-hydrogen) atoms. The SMILES string of the molecule is C[C@H](NC(=O)CN1C(=O)[C@@H](C)N(c2ccc(F)cc2)C1=O)c1ccc(Br)cc1. The molecule has 2 aromatic rings. The van der Waals surface area contributed by atoms with Crippen LogP contribution in [-0.2, 0) is 9.59 Å². The quantitative estimate of drug-likeness (QED) is 0.711. The molecule has 0 radical (unpaired) electrons. The maximum absolute atomic E-state index is 13.1. The van der Waals surface area contributed by atoms with Crippen LogP contribution in [0.5, 0.6) is 0 Å². The number of anilines is 1. The fraction of sp³-hybridized carbons (Fsp3) is 0.250. The molecule has 1 heterocycles. The number of nitrogens with zero attached hydrogens (tertiary/aromatic N) is 2. The second-order valence-electron chi connectivity index (χ2n) is 6.57. The van der Waals surface area contributed by atoms with Gasteiger partial charge in [0.1, 0.15) is 18.4 Å². The van der Waals surface area contributed by atoms with E-state index in [0.29, 0.717) is 5.69 Å². The van der Waals surface area contributed by atoms with E-state index in [1.54, 1.807) is 6.92 Å². The van der Waals surface area contributed by atoms with Gasteiger partial charge in [0.15, 0.2) is 0 Å². The molecule has 2 atom stereocenters. The molecule has 3 rings (SSSR count). The summed E-state index contributed by atoms with van der Waals surface area (Å²) in [6, 6.07) is 11.1. The topological polar surface area (TPSA) is 69.7 Å². The van der Waals surface area contributed by atoms with Gasteiger partial charge in [-0.05, 0) is 55.8 Å². The monoisotopic (exact) mass is 447 g/mol. The Kier molecular flexibility index (Phi) is 5.79. The molecule has 0 spiro atoms. The van der Waals surface area contributed by atoms with Crippen LogP contribution in [0.2, 0.25) is 0 Å². The highest BCUT2D eigenvalue weighted by atomic mass is 79.9. The Bertz CT molecular complexity index is 902. The van der Waals surface area contributed by atoms with Crippen molar-refractivity contribution in [1.82, 2.24) is 10.2 Å². The van der Waals surface area contributed by atoms with Crippen molar-refractivity contribution in [2.45, 2.75) is 25.9 Å². The predicted molar refractivity (Wildman–Crippen MR) is 106 cm³/mol. The van der Waals surface area contributed by atoms with E-state index < -0.39 is 29.7 Å². The molecule has 2 aromatic carbocycles. The van der Waals surface area contributed by atoms with Gasteiger partial charge in [-0.1, -0.05) is 28.1 Å². The molecule has 1 fully saturated rings. The second kappa shape index (κ2) is 8.10. The van der Waals surface area contributed by atoms with Crippen molar-refractivity contribution in [3.05, 3.63) is 64.4 Å². The lowest BCUT2D eigenvalue weighted by Crippen LogP contribution is -2.42. The van der Waals surface area contributed by atoms with Gasteiger partial charge in [-0.3, -0.25) is 19.4 Å². The number of nitrogens with one attached hydrogen (secondary N) is 1. The van der Waals surface area contributed by atoms with Crippen LogP contribution >= 0.6 is 15.9 Å². The molecule has 1 N–H and O–H groups in total. The molecule has 0 saturated carbocycles. The minimum Gasteiger partial charge on any atom is -0.348 e. The average Bonchev–Trinajstić information content (AvgIpc) is 2.86. The lowest BCUT2D eigenvalue weighted by molar-refractivity contribution is -0.132. The summed E-state index contributed by atoms with van der Waals surface area (Å²) in [5.74, 6) is -1.35. The Morgan fingerprint density at radius 1 is 1.14 bits per heavy atom. The van der Waals surface area contributed by atoms with Crippen molar-refractivity contribution in [3.8, 4) is 0 Å². The van der Waals surface area contributed by atoms with Crippen molar-refractivity contribution in [3.63, 3.8) is 0 Å². The van der Waals surface area contributed by atoms with Gasteiger partial charge in [0.2, 0.25) is 5.91 Å². The molecule has 1 aliphatic rings. The minimum absolute atomic E-state index is 0.279.